The van der Waals surface area contributed by atoms with Crippen molar-refractivity contribution in [1.82, 2.24) is 10.2 Å². The van der Waals surface area contributed by atoms with Crippen molar-refractivity contribution in [3.63, 3.8) is 0 Å². The number of hydrogen-bond acceptors (Lipinski definition) is 2. The highest BCUT2D eigenvalue weighted by molar-refractivity contribution is 5.76. The lowest BCUT2D eigenvalue weighted by Gasteiger charge is -2.28. The predicted octanol–water partition coefficient (Wildman–Crippen LogP) is 2.17. The standard InChI is InChI=1S/C14H26N2O/c1-14(2)8-5-6-12(14)15-9-7-13(17)16-10-3-4-11-16/h12,15H,3-11H2,1-2H3. The average molecular weight is 238 g/mol. The van der Waals surface area contributed by atoms with Crippen molar-refractivity contribution < 1.29 is 4.79 Å². The smallest absolute Gasteiger partial charge is 0.223 e. The maximum atomic E-state index is 11.9. The number of nitrogens with one attached hydrogen (secondary N) is 1. The first-order valence-corrected chi connectivity index (χ1v) is 7.11. The number of amides is 1. The van der Waals surface area contributed by atoms with Crippen molar-refractivity contribution in [3.8, 4) is 0 Å². The Morgan fingerprint density at radius 2 is 2.00 bits per heavy atom. The maximum Gasteiger partial charge on any atom is 0.223 e. The molecule has 0 aromatic carbocycles. The van der Waals surface area contributed by atoms with Crippen molar-refractivity contribution >= 4 is 5.91 Å². The lowest BCUT2D eigenvalue weighted by Crippen LogP contribution is -2.40. The fourth-order valence-electron chi connectivity index (χ4n) is 3.18. The van der Waals surface area contributed by atoms with E-state index in [1.807, 2.05) is 4.90 Å². The van der Waals surface area contributed by atoms with E-state index in [0.29, 0.717) is 23.8 Å². The van der Waals surface area contributed by atoms with Gasteiger partial charge < -0.3 is 10.2 Å². The second-order valence-corrected chi connectivity index (χ2v) is 6.23. The molecule has 1 aliphatic heterocycles. The van der Waals surface area contributed by atoms with Crippen LogP contribution in [0.25, 0.3) is 0 Å². The Kier molecular flexibility index (Phi) is 4.08. The van der Waals surface area contributed by atoms with Crippen molar-refractivity contribution in [2.45, 2.75) is 58.4 Å². The molecule has 1 unspecified atom stereocenters. The summed E-state index contributed by atoms with van der Waals surface area (Å²) in [6.45, 7) is 7.48. The molecule has 1 amide bonds. The van der Waals surface area contributed by atoms with E-state index in [9.17, 15) is 4.79 Å². The van der Waals surface area contributed by atoms with E-state index in [1.54, 1.807) is 0 Å². The molecule has 2 rings (SSSR count). The number of likely N-dealkylation sites (tertiary alicyclic amines) is 1. The predicted molar refractivity (Wildman–Crippen MR) is 69.9 cm³/mol. The quantitative estimate of drug-likeness (QED) is 0.814. The third-order valence-electron chi connectivity index (χ3n) is 4.45. The van der Waals surface area contributed by atoms with E-state index in [4.69, 9.17) is 0 Å². The van der Waals surface area contributed by atoms with Crippen molar-refractivity contribution in [1.29, 1.82) is 0 Å². The first-order valence-electron chi connectivity index (χ1n) is 7.11. The lowest BCUT2D eigenvalue weighted by molar-refractivity contribution is -0.130. The van der Waals surface area contributed by atoms with Crippen LogP contribution < -0.4 is 5.32 Å². The minimum atomic E-state index is 0.339. The zero-order valence-corrected chi connectivity index (χ0v) is 11.3. The van der Waals surface area contributed by atoms with Crippen molar-refractivity contribution in [2.24, 2.45) is 5.41 Å². The highest BCUT2D eigenvalue weighted by Crippen LogP contribution is 2.37. The monoisotopic (exact) mass is 238 g/mol. The SMILES string of the molecule is CC1(C)CCCC1NCCC(=O)N1CCCC1. The van der Waals surface area contributed by atoms with Gasteiger partial charge in [0.15, 0.2) is 0 Å². The average Bonchev–Trinajstić information content (AvgIpc) is 2.88. The van der Waals surface area contributed by atoms with Crippen LogP contribution in [0.4, 0.5) is 0 Å². The van der Waals surface area contributed by atoms with Gasteiger partial charge in [-0.15, -0.1) is 0 Å². The second-order valence-electron chi connectivity index (χ2n) is 6.23. The van der Waals surface area contributed by atoms with Gasteiger partial charge >= 0.3 is 0 Å². The molecule has 98 valence electrons. The molecule has 2 fully saturated rings. The summed E-state index contributed by atoms with van der Waals surface area (Å²) in [6.07, 6.45) is 6.95. The number of nitrogens with zero attached hydrogens (tertiary/aromatic N) is 1. The van der Waals surface area contributed by atoms with Crippen LogP contribution >= 0.6 is 0 Å². The highest BCUT2D eigenvalue weighted by atomic mass is 16.2. The van der Waals surface area contributed by atoms with Gasteiger partial charge in [-0.2, -0.15) is 0 Å². The van der Waals surface area contributed by atoms with Crippen LogP contribution in [0.5, 0.6) is 0 Å². The van der Waals surface area contributed by atoms with E-state index in [-0.39, 0.29) is 0 Å². The van der Waals surface area contributed by atoms with Crippen LogP contribution in [0.2, 0.25) is 0 Å². The summed E-state index contributed by atoms with van der Waals surface area (Å²) in [7, 11) is 0. The summed E-state index contributed by atoms with van der Waals surface area (Å²) < 4.78 is 0. The Bertz CT molecular complexity index is 269. The molecule has 17 heavy (non-hydrogen) atoms. The molecular formula is C14H26N2O. The maximum absolute atomic E-state index is 11.9. The number of carbonyl (C=O) groups is 1. The summed E-state index contributed by atoms with van der Waals surface area (Å²) in [5.41, 5.74) is 0.413. The molecule has 0 radical (unpaired) electrons. The number of carbonyl (C=O) groups excluding carboxylic acids is 1. The van der Waals surface area contributed by atoms with Gasteiger partial charge in [-0.25, -0.2) is 0 Å². The molecule has 0 spiro atoms. The van der Waals surface area contributed by atoms with Crippen LogP contribution in [0.3, 0.4) is 0 Å². The molecule has 3 heteroatoms. The Labute approximate surface area is 105 Å². The van der Waals surface area contributed by atoms with Gasteiger partial charge in [0.1, 0.15) is 0 Å². The van der Waals surface area contributed by atoms with Crippen LogP contribution in [0.1, 0.15) is 52.4 Å². The van der Waals surface area contributed by atoms with Gasteiger partial charge in [-0.3, -0.25) is 4.79 Å². The molecule has 1 heterocycles. The third-order valence-corrected chi connectivity index (χ3v) is 4.45. The van der Waals surface area contributed by atoms with Crippen LogP contribution in [0, 0.1) is 5.41 Å². The van der Waals surface area contributed by atoms with E-state index < -0.39 is 0 Å². The molecule has 1 N–H and O–H groups in total. The minimum absolute atomic E-state index is 0.339. The molecule has 2 aliphatic rings. The van der Waals surface area contributed by atoms with Crippen molar-refractivity contribution in [3.05, 3.63) is 0 Å². The molecule has 0 aromatic rings. The zero-order valence-electron chi connectivity index (χ0n) is 11.3. The minimum Gasteiger partial charge on any atom is -0.343 e. The lowest BCUT2D eigenvalue weighted by atomic mass is 9.87. The summed E-state index contributed by atoms with van der Waals surface area (Å²) in [5.74, 6) is 0.339. The van der Waals surface area contributed by atoms with Gasteiger partial charge in [-0.05, 0) is 31.1 Å². The van der Waals surface area contributed by atoms with Gasteiger partial charge in [0.25, 0.3) is 0 Å². The number of hydrogen-bond donors (Lipinski definition) is 1. The van der Waals surface area contributed by atoms with E-state index in [1.165, 1.54) is 32.1 Å². The topological polar surface area (TPSA) is 32.3 Å². The van der Waals surface area contributed by atoms with Crippen molar-refractivity contribution in [2.75, 3.05) is 19.6 Å². The molecule has 1 saturated heterocycles. The molecule has 0 bridgehead atoms. The fraction of sp³-hybridized carbons (Fsp3) is 0.929. The molecular weight excluding hydrogens is 212 g/mol. The third kappa shape index (κ3) is 3.21. The number of rotatable bonds is 4. The zero-order chi connectivity index (χ0) is 12.3. The Morgan fingerprint density at radius 3 is 2.59 bits per heavy atom. The molecule has 1 atom stereocenters. The van der Waals surface area contributed by atoms with Gasteiger partial charge in [0.2, 0.25) is 5.91 Å². The normalized spacial score (nSPS) is 27.6. The Morgan fingerprint density at radius 1 is 1.29 bits per heavy atom. The Balaban J connectivity index is 1.67. The van der Waals surface area contributed by atoms with Gasteiger partial charge in [0.05, 0.1) is 0 Å². The van der Waals surface area contributed by atoms with E-state index in [0.717, 1.165) is 19.6 Å². The first kappa shape index (κ1) is 12.9. The summed E-state index contributed by atoms with van der Waals surface area (Å²) in [5, 5.41) is 3.58. The van der Waals surface area contributed by atoms with Crippen LogP contribution in [-0.4, -0.2) is 36.5 Å². The van der Waals surface area contributed by atoms with Crippen LogP contribution in [-0.2, 0) is 4.79 Å². The van der Waals surface area contributed by atoms with Crippen LogP contribution in [0.15, 0.2) is 0 Å². The summed E-state index contributed by atoms with van der Waals surface area (Å²) in [4.78, 5) is 13.9. The molecule has 3 nitrogen and oxygen atoms in total. The molecule has 1 aliphatic carbocycles. The highest BCUT2D eigenvalue weighted by Gasteiger charge is 2.33. The largest absolute Gasteiger partial charge is 0.343 e. The van der Waals surface area contributed by atoms with Gasteiger partial charge in [-0.1, -0.05) is 20.3 Å². The molecule has 1 saturated carbocycles. The Hall–Kier alpha value is -0.570. The van der Waals surface area contributed by atoms with E-state index >= 15 is 0 Å². The second kappa shape index (κ2) is 5.38. The summed E-state index contributed by atoms with van der Waals surface area (Å²) in [6, 6.07) is 0.605. The summed E-state index contributed by atoms with van der Waals surface area (Å²) >= 11 is 0. The van der Waals surface area contributed by atoms with Gasteiger partial charge in [0, 0.05) is 32.1 Å². The first-order chi connectivity index (χ1) is 8.09. The molecule has 0 aromatic heterocycles. The fourth-order valence-corrected chi connectivity index (χ4v) is 3.18. The van der Waals surface area contributed by atoms with E-state index in [2.05, 4.69) is 19.2 Å².